The van der Waals surface area contributed by atoms with Gasteiger partial charge in [-0.25, -0.2) is 4.99 Å². The minimum Gasteiger partial charge on any atom is -0.256 e. The molecule has 0 radical (unpaired) electrons. The first-order valence-corrected chi connectivity index (χ1v) is 3.22. The smallest absolute Gasteiger partial charge is 0.128 e. The van der Waals surface area contributed by atoms with Crippen LogP contribution in [-0.4, -0.2) is 11.7 Å². The van der Waals surface area contributed by atoms with Gasteiger partial charge in [0.15, 0.2) is 0 Å². The molecule has 0 aromatic heterocycles. The van der Waals surface area contributed by atoms with Gasteiger partial charge in [-0.1, -0.05) is 20.8 Å². The van der Waals surface area contributed by atoms with Gasteiger partial charge in [0, 0.05) is 11.3 Å². The van der Waals surface area contributed by atoms with E-state index in [0.29, 0.717) is 0 Å². The number of hydrazone groups is 1. The molecular weight excluding hydrogens is 126 g/mol. The molecule has 1 N–H and O–H groups in total. The van der Waals surface area contributed by atoms with Crippen LogP contribution in [0.25, 0.3) is 0 Å². The fraction of sp³-hybridized carbons (Fsp3) is 0.571. The van der Waals surface area contributed by atoms with Gasteiger partial charge >= 0.3 is 0 Å². The lowest BCUT2D eigenvalue weighted by atomic mass is 9.95. The van der Waals surface area contributed by atoms with Gasteiger partial charge < -0.3 is 0 Å². The maximum absolute atomic E-state index is 4.08. The zero-order valence-electron chi connectivity index (χ0n) is 6.47. The summed E-state index contributed by atoms with van der Waals surface area (Å²) >= 11 is 0. The van der Waals surface area contributed by atoms with Gasteiger partial charge in [-0.15, -0.1) is 5.10 Å². The summed E-state index contributed by atoms with van der Waals surface area (Å²) in [5.41, 5.74) is 2.84. The Morgan fingerprint density at radius 3 is 2.50 bits per heavy atom. The molecule has 10 heavy (non-hydrogen) atoms. The van der Waals surface area contributed by atoms with Gasteiger partial charge in [0.25, 0.3) is 0 Å². The molecule has 1 rings (SSSR count). The van der Waals surface area contributed by atoms with Crippen molar-refractivity contribution in [2.75, 3.05) is 0 Å². The lowest BCUT2D eigenvalue weighted by Crippen LogP contribution is -2.32. The molecule has 1 heterocycles. The normalized spacial score (nSPS) is 16.5. The Balaban J connectivity index is 2.79. The Morgan fingerprint density at radius 2 is 2.20 bits per heavy atom. The van der Waals surface area contributed by atoms with Crippen molar-refractivity contribution in [2.24, 2.45) is 15.5 Å². The largest absolute Gasteiger partial charge is 0.256 e. The average molecular weight is 137 g/mol. The molecule has 0 aromatic rings. The molecule has 0 unspecified atom stereocenters. The zero-order valence-corrected chi connectivity index (χ0v) is 6.47. The third-order valence-corrected chi connectivity index (χ3v) is 1.19. The lowest BCUT2D eigenvalue weighted by Gasteiger charge is -2.19. The predicted molar refractivity (Wildman–Crippen MR) is 42.0 cm³/mol. The first-order chi connectivity index (χ1) is 4.61. The zero-order chi connectivity index (χ0) is 7.61. The van der Waals surface area contributed by atoms with E-state index < -0.39 is 0 Å². The molecule has 0 bridgehead atoms. The van der Waals surface area contributed by atoms with Gasteiger partial charge in [0.2, 0.25) is 0 Å². The molecule has 0 saturated carbocycles. The first-order valence-electron chi connectivity index (χ1n) is 3.22. The monoisotopic (exact) mass is 137 g/mol. The summed E-state index contributed by atoms with van der Waals surface area (Å²) in [5, 5.41) is 3.74. The summed E-state index contributed by atoms with van der Waals surface area (Å²) in [7, 11) is 0. The average Bonchev–Trinajstić information content (AvgIpc) is 1.88. The first kappa shape index (κ1) is 7.03. The van der Waals surface area contributed by atoms with E-state index in [2.05, 4.69) is 42.2 Å². The second-order valence-electron chi connectivity index (χ2n) is 3.21. The van der Waals surface area contributed by atoms with Crippen molar-refractivity contribution in [3.63, 3.8) is 0 Å². The van der Waals surface area contributed by atoms with Crippen LogP contribution >= 0.6 is 0 Å². The van der Waals surface area contributed by atoms with Crippen LogP contribution in [0.15, 0.2) is 16.3 Å². The number of amidine groups is 1. The van der Waals surface area contributed by atoms with Gasteiger partial charge in [0.05, 0.1) is 6.20 Å². The maximum Gasteiger partial charge on any atom is 0.128 e. The Kier molecular flexibility index (Phi) is 1.60. The summed E-state index contributed by atoms with van der Waals surface area (Å²) in [6.45, 7) is 6.23. The number of hydrogen-bond acceptors (Lipinski definition) is 3. The highest BCUT2D eigenvalue weighted by Crippen LogP contribution is 2.14. The molecule has 0 saturated heterocycles. The number of rotatable bonds is 0. The summed E-state index contributed by atoms with van der Waals surface area (Å²) in [4.78, 5) is 4.08. The van der Waals surface area contributed by atoms with E-state index in [1.807, 2.05) is 0 Å². The highest BCUT2D eigenvalue weighted by Gasteiger charge is 2.18. The van der Waals surface area contributed by atoms with E-state index in [1.165, 1.54) is 0 Å². The SMILES string of the molecule is CC(C)(C)C1=NC=C=NN1. The van der Waals surface area contributed by atoms with Gasteiger partial charge in [0.1, 0.15) is 5.84 Å². The highest BCUT2D eigenvalue weighted by atomic mass is 15.3. The molecule has 0 aliphatic carbocycles. The minimum absolute atomic E-state index is 0.0437. The molecular formula is C7H11N3. The van der Waals surface area contributed by atoms with Crippen molar-refractivity contribution in [3.05, 3.63) is 6.20 Å². The van der Waals surface area contributed by atoms with E-state index in [1.54, 1.807) is 6.20 Å². The van der Waals surface area contributed by atoms with Crippen LogP contribution in [0.2, 0.25) is 0 Å². The molecule has 0 spiro atoms. The number of hydrogen-bond donors (Lipinski definition) is 1. The third-order valence-electron chi connectivity index (χ3n) is 1.19. The molecule has 0 aromatic carbocycles. The van der Waals surface area contributed by atoms with Crippen molar-refractivity contribution < 1.29 is 0 Å². The van der Waals surface area contributed by atoms with E-state index in [-0.39, 0.29) is 5.41 Å². The Hall–Kier alpha value is -1.08. The summed E-state index contributed by atoms with van der Waals surface area (Å²) < 4.78 is 0. The third kappa shape index (κ3) is 1.45. The van der Waals surface area contributed by atoms with Crippen LogP contribution in [0.4, 0.5) is 0 Å². The molecule has 3 heteroatoms. The van der Waals surface area contributed by atoms with Crippen LogP contribution in [0.5, 0.6) is 0 Å². The predicted octanol–water partition coefficient (Wildman–Crippen LogP) is 1.13. The van der Waals surface area contributed by atoms with E-state index >= 15 is 0 Å². The van der Waals surface area contributed by atoms with Crippen molar-refractivity contribution >= 4 is 11.7 Å². The molecule has 0 amide bonds. The van der Waals surface area contributed by atoms with Crippen molar-refractivity contribution in [2.45, 2.75) is 20.8 Å². The Morgan fingerprint density at radius 1 is 1.50 bits per heavy atom. The molecule has 0 fully saturated rings. The van der Waals surface area contributed by atoms with Crippen molar-refractivity contribution in [3.8, 4) is 0 Å². The number of nitrogens with zero attached hydrogens (tertiary/aromatic N) is 2. The fourth-order valence-corrected chi connectivity index (χ4v) is 0.598. The maximum atomic E-state index is 4.08. The van der Waals surface area contributed by atoms with Gasteiger partial charge in [-0.2, -0.15) is 0 Å². The van der Waals surface area contributed by atoms with Crippen molar-refractivity contribution in [1.29, 1.82) is 0 Å². The highest BCUT2D eigenvalue weighted by molar-refractivity contribution is 5.89. The van der Waals surface area contributed by atoms with Gasteiger partial charge in [-0.05, 0) is 0 Å². The minimum atomic E-state index is 0.0437. The van der Waals surface area contributed by atoms with Crippen molar-refractivity contribution in [1.82, 2.24) is 5.43 Å². The van der Waals surface area contributed by atoms with Crippen LogP contribution in [0, 0.1) is 5.41 Å². The van der Waals surface area contributed by atoms with Crippen LogP contribution in [0.1, 0.15) is 20.8 Å². The second-order valence-corrected chi connectivity index (χ2v) is 3.21. The quantitative estimate of drug-likeness (QED) is 0.534. The number of nitrogens with one attached hydrogen (secondary N) is 1. The summed E-state index contributed by atoms with van der Waals surface area (Å²) in [6.07, 6.45) is 1.57. The van der Waals surface area contributed by atoms with Crippen LogP contribution < -0.4 is 5.43 Å². The summed E-state index contributed by atoms with van der Waals surface area (Å²) in [5.74, 6) is 3.47. The van der Waals surface area contributed by atoms with E-state index in [4.69, 9.17) is 0 Å². The Bertz CT molecular complexity index is 213. The molecule has 54 valence electrons. The second kappa shape index (κ2) is 2.27. The van der Waals surface area contributed by atoms with Crippen LogP contribution in [-0.2, 0) is 0 Å². The summed E-state index contributed by atoms with van der Waals surface area (Å²) in [6, 6.07) is 0. The Labute approximate surface area is 60.5 Å². The van der Waals surface area contributed by atoms with E-state index in [0.717, 1.165) is 5.84 Å². The molecule has 1 aliphatic rings. The molecule has 3 nitrogen and oxygen atoms in total. The number of aliphatic imine (C=N–C) groups is 1. The van der Waals surface area contributed by atoms with Gasteiger partial charge in [-0.3, -0.25) is 5.43 Å². The molecule has 0 atom stereocenters. The van der Waals surface area contributed by atoms with E-state index in [9.17, 15) is 0 Å². The standard InChI is InChI=1S/C7H11N3/c1-7(2,3)6-8-4-5-9-10-6/h4H,1-3H3,(H,8,10). The topological polar surface area (TPSA) is 36.8 Å². The van der Waals surface area contributed by atoms with Crippen LogP contribution in [0.3, 0.4) is 0 Å². The molecule has 1 aliphatic heterocycles. The fourth-order valence-electron chi connectivity index (χ4n) is 0.598. The lowest BCUT2D eigenvalue weighted by molar-refractivity contribution is 0.566.